The molecule has 0 aromatic carbocycles. The van der Waals surface area contributed by atoms with E-state index in [2.05, 4.69) is 28.2 Å². The van der Waals surface area contributed by atoms with Crippen LogP contribution >= 0.6 is 0 Å². The van der Waals surface area contributed by atoms with Crippen LogP contribution in [0.15, 0.2) is 18.3 Å². The lowest BCUT2D eigenvalue weighted by Crippen LogP contribution is -2.35. The van der Waals surface area contributed by atoms with Gasteiger partial charge in [0.25, 0.3) is 0 Å². The number of rotatable bonds is 3. The first-order valence-electron chi connectivity index (χ1n) is 5.92. The maximum Gasteiger partial charge on any atom is 0.127 e. The van der Waals surface area contributed by atoms with E-state index in [1.54, 1.807) is 0 Å². The molecule has 0 saturated carbocycles. The summed E-state index contributed by atoms with van der Waals surface area (Å²) in [6.07, 6.45) is 3.43. The van der Waals surface area contributed by atoms with Gasteiger partial charge in [0.1, 0.15) is 5.82 Å². The number of hydrogen-bond acceptors (Lipinski definition) is 4. The van der Waals surface area contributed by atoms with Gasteiger partial charge in [0.15, 0.2) is 0 Å². The normalized spacial score (nSPS) is 17.5. The summed E-state index contributed by atoms with van der Waals surface area (Å²) in [5, 5.41) is 12.7. The Kier molecular flexibility index (Phi) is 3.62. The molecule has 1 aliphatic rings. The number of aliphatic hydroxyl groups is 1. The Morgan fingerprint density at radius 3 is 2.94 bits per heavy atom. The molecule has 1 aliphatic heterocycles. The van der Waals surface area contributed by atoms with Crippen molar-refractivity contribution in [2.75, 3.05) is 29.9 Å². The van der Waals surface area contributed by atoms with E-state index >= 15 is 0 Å². The van der Waals surface area contributed by atoms with Crippen LogP contribution in [0.5, 0.6) is 0 Å². The van der Waals surface area contributed by atoms with Gasteiger partial charge in [0, 0.05) is 37.6 Å². The molecule has 0 bridgehead atoms. The second-order valence-corrected chi connectivity index (χ2v) is 4.15. The monoisotopic (exact) mass is 221 g/mol. The molecule has 1 aromatic heterocycles. The fourth-order valence-electron chi connectivity index (χ4n) is 2.02. The van der Waals surface area contributed by atoms with Gasteiger partial charge in [0.2, 0.25) is 0 Å². The Labute approximate surface area is 96.3 Å². The maximum atomic E-state index is 9.46. The number of aliphatic hydroxyl groups excluding tert-OH is 1. The summed E-state index contributed by atoms with van der Waals surface area (Å²) in [7, 11) is 0. The highest BCUT2D eigenvalue weighted by molar-refractivity contribution is 5.54. The Morgan fingerprint density at radius 1 is 1.50 bits per heavy atom. The van der Waals surface area contributed by atoms with Crippen molar-refractivity contribution in [3.8, 4) is 0 Å². The summed E-state index contributed by atoms with van der Waals surface area (Å²) < 4.78 is 0. The highest BCUT2D eigenvalue weighted by Crippen LogP contribution is 2.21. The van der Waals surface area contributed by atoms with Crippen molar-refractivity contribution in [3.63, 3.8) is 0 Å². The van der Waals surface area contributed by atoms with Crippen molar-refractivity contribution in [2.45, 2.75) is 25.9 Å². The molecule has 88 valence electrons. The van der Waals surface area contributed by atoms with Crippen LogP contribution in [0.25, 0.3) is 0 Å². The molecule has 0 spiro atoms. The highest BCUT2D eigenvalue weighted by Gasteiger charge is 2.17. The van der Waals surface area contributed by atoms with Crippen molar-refractivity contribution in [3.05, 3.63) is 18.3 Å². The molecule has 1 fully saturated rings. The molecule has 0 amide bonds. The van der Waals surface area contributed by atoms with E-state index in [-0.39, 0.29) is 6.10 Å². The van der Waals surface area contributed by atoms with Gasteiger partial charge < -0.3 is 15.3 Å². The third-order valence-corrected chi connectivity index (χ3v) is 2.93. The van der Waals surface area contributed by atoms with E-state index in [4.69, 9.17) is 0 Å². The van der Waals surface area contributed by atoms with Gasteiger partial charge in [-0.15, -0.1) is 0 Å². The van der Waals surface area contributed by atoms with Gasteiger partial charge in [0.05, 0.1) is 6.10 Å². The van der Waals surface area contributed by atoms with E-state index in [0.717, 1.165) is 38.3 Å². The van der Waals surface area contributed by atoms with Crippen LogP contribution in [0.2, 0.25) is 0 Å². The predicted octanol–water partition coefficient (Wildman–Crippen LogP) is 1.47. The Hall–Kier alpha value is -1.29. The van der Waals surface area contributed by atoms with Crippen LogP contribution < -0.4 is 10.2 Å². The van der Waals surface area contributed by atoms with Crippen molar-refractivity contribution in [1.82, 2.24) is 4.98 Å². The smallest absolute Gasteiger partial charge is 0.127 e. The Bertz CT molecular complexity index is 335. The summed E-state index contributed by atoms with van der Waals surface area (Å²) in [6, 6.07) is 4.10. The van der Waals surface area contributed by atoms with Gasteiger partial charge in [-0.1, -0.05) is 0 Å². The maximum absolute atomic E-state index is 9.46. The van der Waals surface area contributed by atoms with Crippen LogP contribution in [-0.2, 0) is 0 Å². The number of nitrogens with one attached hydrogen (secondary N) is 1. The summed E-state index contributed by atoms with van der Waals surface area (Å²) in [6.45, 7) is 4.80. The Balaban J connectivity index is 2.05. The van der Waals surface area contributed by atoms with E-state index in [1.807, 2.05) is 12.3 Å². The zero-order chi connectivity index (χ0) is 11.4. The molecule has 4 nitrogen and oxygen atoms in total. The zero-order valence-electron chi connectivity index (χ0n) is 9.69. The Morgan fingerprint density at radius 2 is 2.25 bits per heavy atom. The molecule has 0 radical (unpaired) electrons. The average Bonchev–Trinajstić information content (AvgIpc) is 2.31. The molecule has 4 heteroatoms. The molecular weight excluding hydrogens is 202 g/mol. The molecule has 2 rings (SSSR count). The quantitative estimate of drug-likeness (QED) is 0.811. The van der Waals surface area contributed by atoms with E-state index in [1.165, 1.54) is 5.69 Å². The lowest BCUT2D eigenvalue weighted by molar-refractivity contribution is 0.145. The molecule has 2 heterocycles. The van der Waals surface area contributed by atoms with Gasteiger partial charge in [-0.05, 0) is 25.8 Å². The largest absolute Gasteiger partial charge is 0.393 e. The lowest BCUT2D eigenvalue weighted by atomic mass is 10.1. The molecule has 1 saturated heterocycles. The predicted molar refractivity (Wildman–Crippen MR) is 65.9 cm³/mol. The van der Waals surface area contributed by atoms with Crippen LogP contribution in [0.4, 0.5) is 11.5 Å². The third kappa shape index (κ3) is 2.64. The molecule has 2 N–H and O–H groups in total. The van der Waals surface area contributed by atoms with Gasteiger partial charge in [-0.3, -0.25) is 0 Å². The summed E-state index contributed by atoms with van der Waals surface area (Å²) in [4.78, 5) is 6.55. The minimum absolute atomic E-state index is 0.119. The van der Waals surface area contributed by atoms with E-state index < -0.39 is 0 Å². The van der Waals surface area contributed by atoms with E-state index in [9.17, 15) is 5.11 Å². The van der Waals surface area contributed by atoms with E-state index in [0.29, 0.717) is 0 Å². The molecule has 16 heavy (non-hydrogen) atoms. The van der Waals surface area contributed by atoms with Crippen molar-refractivity contribution in [2.24, 2.45) is 0 Å². The fraction of sp³-hybridized carbons (Fsp3) is 0.583. The first-order chi connectivity index (χ1) is 7.79. The van der Waals surface area contributed by atoms with Crippen LogP contribution in [0.3, 0.4) is 0 Å². The van der Waals surface area contributed by atoms with Crippen LogP contribution in [-0.4, -0.2) is 35.8 Å². The number of piperidine rings is 1. The fourth-order valence-corrected chi connectivity index (χ4v) is 2.02. The summed E-state index contributed by atoms with van der Waals surface area (Å²) in [5.74, 6) is 0.922. The number of aromatic nitrogens is 1. The summed E-state index contributed by atoms with van der Waals surface area (Å²) >= 11 is 0. The highest BCUT2D eigenvalue weighted by atomic mass is 16.3. The molecule has 0 atom stereocenters. The number of pyridine rings is 1. The minimum Gasteiger partial charge on any atom is -0.393 e. The molecule has 1 aromatic rings. The average molecular weight is 221 g/mol. The third-order valence-electron chi connectivity index (χ3n) is 2.93. The second kappa shape index (κ2) is 5.16. The standard InChI is InChI=1S/C12H19N3O/c1-2-13-12-9-10(3-6-14-12)15-7-4-11(16)5-8-15/h3,6,9,11,16H,2,4-5,7-8H2,1H3,(H,13,14). The lowest BCUT2D eigenvalue weighted by Gasteiger charge is -2.31. The molecule has 0 unspecified atom stereocenters. The zero-order valence-corrected chi connectivity index (χ0v) is 9.69. The first kappa shape index (κ1) is 11.2. The molecule has 0 aliphatic carbocycles. The number of anilines is 2. The molecular formula is C12H19N3O. The number of hydrogen-bond donors (Lipinski definition) is 2. The van der Waals surface area contributed by atoms with Crippen molar-refractivity contribution < 1.29 is 5.11 Å². The second-order valence-electron chi connectivity index (χ2n) is 4.15. The number of nitrogens with zero attached hydrogens (tertiary/aromatic N) is 2. The van der Waals surface area contributed by atoms with Crippen LogP contribution in [0.1, 0.15) is 19.8 Å². The van der Waals surface area contributed by atoms with Crippen molar-refractivity contribution >= 4 is 11.5 Å². The first-order valence-corrected chi connectivity index (χ1v) is 5.92. The minimum atomic E-state index is -0.119. The topological polar surface area (TPSA) is 48.4 Å². The van der Waals surface area contributed by atoms with Crippen LogP contribution in [0, 0.1) is 0 Å². The summed E-state index contributed by atoms with van der Waals surface area (Å²) in [5.41, 5.74) is 1.19. The van der Waals surface area contributed by atoms with Gasteiger partial charge in [-0.25, -0.2) is 4.98 Å². The van der Waals surface area contributed by atoms with Crippen molar-refractivity contribution in [1.29, 1.82) is 0 Å². The van der Waals surface area contributed by atoms with Gasteiger partial charge in [-0.2, -0.15) is 0 Å². The SMILES string of the molecule is CCNc1cc(N2CCC(O)CC2)ccn1. The van der Waals surface area contributed by atoms with Gasteiger partial charge >= 0.3 is 0 Å².